The Labute approximate surface area is 89.2 Å². The van der Waals surface area contributed by atoms with Gasteiger partial charge in [-0.1, -0.05) is 19.4 Å². The lowest BCUT2D eigenvalue weighted by molar-refractivity contribution is -0.0441. The van der Waals surface area contributed by atoms with Crippen molar-refractivity contribution in [2.75, 3.05) is 14.2 Å². The number of nitriles is 1. The highest BCUT2D eigenvalue weighted by molar-refractivity contribution is 6.36. The molecule has 0 radical (unpaired) electrons. The maximum atomic E-state index is 8.84. The highest BCUT2D eigenvalue weighted by Gasteiger charge is 2.09. The van der Waals surface area contributed by atoms with Crippen molar-refractivity contribution < 1.29 is 9.47 Å². The lowest BCUT2D eigenvalue weighted by Crippen LogP contribution is -2.21. The van der Waals surface area contributed by atoms with Gasteiger partial charge in [-0.2, -0.15) is 5.26 Å². The topological polar surface area (TPSA) is 42.2 Å². The van der Waals surface area contributed by atoms with Crippen LogP contribution in [-0.4, -0.2) is 29.7 Å². The Morgan fingerprint density at radius 3 is 2.36 bits per heavy atom. The van der Waals surface area contributed by atoms with E-state index in [-0.39, 0.29) is 21.4 Å². The smallest absolute Gasteiger partial charge is 0.134 e. The SMILES string of the molecule is CCCC(C#N)CC[SiH2]C(OC)OC. The van der Waals surface area contributed by atoms with E-state index in [0.29, 0.717) is 0 Å². The third kappa shape index (κ3) is 6.14. The van der Waals surface area contributed by atoms with Crippen LogP contribution in [0.2, 0.25) is 6.04 Å². The molecule has 0 aromatic carbocycles. The van der Waals surface area contributed by atoms with Crippen molar-refractivity contribution >= 4 is 9.52 Å². The first-order valence-corrected chi connectivity index (χ1v) is 7.05. The van der Waals surface area contributed by atoms with E-state index in [1.54, 1.807) is 14.2 Å². The van der Waals surface area contributed by atoms with E-state index in [2.05, 4.69) is 13.0 Å². The molecule has 0 aliphatic heterocycles. The molecule has 14 heavy (non-hydrogen) atoms. The van der Waals surface area contributed by atoms with E-state index in [1.807, 2.05) is 0 Å². The number of ether oxygens (including phenoxy) is 2. The Bertz CT molecular complexity index is 166. The molecule has 1 unspecified atom stereocenters. The van der Waals surface area contributed by atoms with Crippen LogP contribution in [0, 0.1) is 17.2 Å². The molecule has 0 spiro atoms. The number of nitrogens with zero attached hydrogens (tertiary/aromatic N) is 1. The first kappa shape index (κ1) is 13.6. The molecule has 0 heterocycles. The summed E-state index contributed by atoms with van der Waals surface area (Å²) in [5, 5.41) is 8.84. The monoisotopic (exact) mass is 215 g/mol. The molecule has 0 fully saturated rings. The van der Waals surface area contributed by atoms with E-state index < -0.39 is 0 Å². The summed E-state index contributed by atoms with van der Waals surface area (Å²) in [5.74, 6) is 0.262. The minimum absolute atomic E-state index is 0.0240. The maximum Gasteiger partial charge on any atom is 0.134 e. The van der Waals surface area contributed by atoms with Crippen LogP contribution >= 0.6 is 0 Å². The molecule has 0 amide bonds. The molecule has 0 bridgehead atoms. The minimum Gasteiger partial charge on any atom is -0.360 e. The van der Waals surface area contributed by atoms with Crippen molar-refractivity contribution in [2.45, 2.75) is 38.1 Å². The van der Waals surface area contributed by atoms with Gasteiger partial charge in [-0.25, -0.2) is 0 Å². The van der Waals surface area contributed by atoms with Gasteiger partial charge in [-0.15, -0.1) is 0 Å². The van der Waals surface area contributed by atoms with Crippen molar-refractivity contribution in [3.63, 3.8) is 0 Å². The molecule has 0 aromatic heterocycles. The highest BCUT2D eigenvalue weighted by atomic mass is 28.2. The van der Waals surface area contributed by atoms with E-state index in [1.165, 1.54) is 0 Å². The number of methoxy groups -OCH3 is 2. The lowest BCUT2D eigenvalue weighted by Gasteiger charge is -2.13. The van der Waals surface area contributed by atoms with Crippen molar-refractivity contribution in [1.29, 1.82) is 5.26 Å². The Morgan fingerprint density at radius 1 is 1.29 bits per heavy atom. The molecule has 4 heteroatoms. The molecule has 3 nitrogen and oxygen atoms in total. The molecule has 1 atom stereocenters. The van der Waals surface area contributed by atoms with Gasteiger partial charge in [-0.05, 0) is 12.8 Å². The second kappa shape index (κ2) is 9.19. The first-order chi connectivity index (χ1) is 6.78. The van der Waals surface area contributed by atoms with Crippen LogP contribution < -0.4 is 0 Å². The van der Waals surface area contributed by atoms with Crippen LogP contribution in [0.25, 0.3) is 0 Å². The summed E-state index contributed by atoms with van der Waals surface area (Å²) in [6.07, 6.45) is 3.13. The molecule has 0 saturated carbocycles. The zero-order chi connectivity index (χ0) is 10.8. The third-order valence-electron chi connectivity index (χ3n) is 2.34. The Kier molecular flexibility index (Phi) is 8.95. The standard InChI is InChI=1S/C10H21NO2Si/c1-4-5-9(8-11)6-7-14-10(12-2)13-3/h9-10H,4-7,14H2,1-3H3. The van der Waals surface area contributed by atoms with Gasteiger partial charge in [-0.3, -0.25) is 0 Å². The summed E-state index contributed by atoms with van der Waals surface area (Å²) in [7, 11) is 3.01. The Morgan fingerprint density at radius 2 is 1.93 bits per heavy atom. The van der Waals surface area contributed by atoms with E-state index >= 15 is 0 Å². The summed E-state index contributed by atoms with van der Waals surface area (Å²) in [5.41, 5.74) is 0. The quantitative estimate of drug-likeness (QED) is 0.455. The van der Waals surface area contributed by atoms with E-state index in [9.17, 15) is 0 Å². The van der Waals surface area contributed by atoms with Gasteiger partial charge in [0.15, 0.2) is 0 Å². The van der Waals surface area contributed by atoms with Gasteiger partial charge < -0.3 is 9.47 Å². The molecule has 0 aliphatic carbocycles. The van der Waals surface area contributed by atoms with Crippen LogP contribution in [0.1, 0.15) is 26.2 Å². The van der Waals surface area contributed by atoms with Crippen molar-refractivity contribution in [3.8, 4) is 6.07 Å². The van der Waals surface area contributed by atoms with E-state index in [4.69, 9.17) is 14.7 Å². The number of hydrogen-bond acceptors (Lipinski definition) is 3. The molecule has 82 valence electrons. The van der Waals surface area contributed by atoms with Crippen LogP contribution in [0.3, 0.4) is 0 Å². The third-order valence-corrected chi connectivity index (χ3v) is 4.29. The van der Waals surface area contributed by atoms with Gasteiger partial charge in [0.05, 0.1) is 15.6 Å². The highest BCUT2D eigenvalue weighted by Crippen LogP contribution is 2.12. The van der Waals surface area contributed by atoms with Gasteiger partial charge >= 0.3 is 0 Å². The van der Waals surface area contributed by atoms with Crippen molar-refractivity contribution in [3.05, 3.63) is 0 Å². The molecule has 0 aliphatic rings. The van der Waals surface area contributed by atoms with Crippen molar-refractivity contribution in [2.24, 2.45) is 5.92 Å². The van der Waals surface area contributed by atoms with Crippen LogP contribution in [0.15, 0.2) is 0 Å². The maximum absolute atomic E-state index is 8.84. The largest absolute Gasteiger partial charge is 0.360 e. The van der Waals surface area contributed by atoms with Crippen molar-refractivity contribution in [1.82, 2.24) is 0 Å². The fraction of sp³-hybridized carbons (Fsp3) is 0.900. The predicted octanol–water partition coefficient (Wildman–Crippen LogP) is 1.48. The first-order valence-electron chi connectivity index (χ1n) is 5.23. The van der Waals surface area contributed by atoms with E-state index in [0.717, 1.165) is 25.3 Å². The fourth-order valence-corrected chi connectivity index (χ4v) is 3.02. The predicted molar refractivity (Wildman–Crippen MR) is 59.8 cm³/mol. The van der Waals surface area contributed by atoms with Gasteiger partial charge in [0.1, 0.15) is 5.91 Å². The zero-order valence-corrected chi connectivity index (χ0v) is 10.9. The van der Waals surface area contributed by atoms with Crippen LogP contribution in [0.5, 0.6) is 0 Å². The average Bonchev–Trinajstić information content (AvgIpc) is 2.23. The van der Waals surface area contributed by atoms with Gasteiger partial charge in [0, 0.05) is 20.1 Å². The molecule has 0 rings (SSSR count). The molecular weight excluding hydrogens is 194 g/mol. The molecule has 0 saturated heterocycles. The zero-order valence-electron chi connectivity index (χ0n) is 9.45. The number of hydrogen-bond donors (Lipinski definition) is 0. The second-order valence-electron chi connectivity index (χ2n) is 3.45. The summed E-state index contributed by atoms with van der Waals surface area (Å²) in [6.45, 7) is 2.12. The average molecular weight is 215 g/mol. The Hall–Kier alpha value is -0.373. The minimum atomic E-state index is -0.339. The molecular formula is C10H21NO2Si. The lowest BCUT2D eigenvalue weighted by atomic mass is 10.0. The molecule has 0 aromatic rings. The summed E-state index contributed by atoms with van der Waals surface area (Å²) in [4.78, 5) is 0. The normalized spacial score (nSPS) is 13.6. The van der Waals surface area contributed by atoms with Crippen LogP contribution in [0.4, 0.5) is 0 Å². The summed E-state index contributed by atoms with van der Waals surface area (Å²) < 4.78 is 10.3. The van der Waals surface area contributed by atoms with Gasteiger partial charge in [0.2, 0.25) is 0 Å². The fourth-order valence-electron chi connectivity index (χ4n) is 1.48. The summed E-state index contributed by atoms with van der Waals surface area (Å²) in [6, 6.07) is 3.48. The Balaban J connectivity index is 3.55. The summed E-state index contributed by atoms with van der Waals surface area (Å²) >= 11 is 0. The van der Waals surface area contributed by atoms with Crippen LogP contribution in [-0.2, 0) is 9.47 Å². The van der Waals surface area contributed by atoms with Gasteiger partial charge in [0.25, 0.3) is 0 Å². The molecule has 0 N–H and O–H groups in total. The number of rotatable bonds is 8. The second-order valence-corrected chi connectivity index (χ2v) is 5.40.